The molecule has 6 heteroatoms. The zero-order valence-corrected chi connectivity index (χ0v) is 18.7. The van der Waals surface area contributed by atoms with Gasteiger partial charge in [-0.15, -0.1) is 0 Å². The largest absolute Gasteiger partial charge is 0.340 e. The lowest BCUT2D eigenvalue weighted by atomic mass is 10.2. The van der Waals surface area contributed by atoms with Crippen LogP contribution in [0.25, 0.3) is 0 Å². The number of nitrogens with zero attached hydrogens (tertiary/aromatic N) is 2. The maximum absolute atomic E-state index is 11.4. The molecule has 0 atom stereocenters. The van der Waals surface area contributed by atoms with Crippen LogP contribution in [0.5, 0.6) is 0 Å². The summed E-state index contributed by atoms with van der Waals surface area (Å²) in [5.74, 6) is 1.07. The number of hydrogen-bond donors (Lipinski definition) is 3. The van der Waals surface area contributed by atoms with Gasteiger partial charge in [0, 0.05) is 23.1 Å². The topological polar surface area (TPSA) is 78.9 Å². The second-order valence-electron chi connectivity index (χ2n) is 7.33. The van der Waals surface area contributed by atoms with Gasteiger partial charge in [0.15, 0.2) is 0 Å². The Balaban J connectivity index is 0.000000374. The number of benzene rings is 3. The molecule has 166 valence electrons. The van der Waals surface area contributed by atoms with E-state index in [1.165, 1.54) is 23.5 Å². The van der Waals surface area contributed by atoms with E-state index in [1.54, 1.807) is 6.07 Å². The van der Waals surface area contributed by atoms with Crippen LogP contribution in [0.4, 0.5) is 28.7 Å². The van der Waals surface area contributed by atoms with Crippen LogP contribution in [0, 0.1) is 13.8 Å². The third kappa shape index (κ3) is 7.95. The van der Waals surface area contributed by atoms with Gasteiger partial charge in [-0.2, -0.15) is 0 Å². The molecule has 3 N–H and O–H groups in total. The molecule has 0 spiro atoms. The van der Waals surface area contributed by atoms with E-state index in [1.807, 2.05) is 73.7 Å². The highest BCUT2D eigenvalue weighted by Crippen LogP contribution is 2.21. The average Bonchev–Trinajstić information content (AvgIpc) is 2.82. The molecule has 4 rings (SSSR count). The van der Waals surface area contributed by atoms with Crippen molar-refractivity contribution in [2.75, 3.05) is 16.0 Å². The molecule has 1 heterocycles. The molecule has 0 unspecified atom stereocenters. The van der Waals surface area contributed by atoms with E-state index >= 15 is 0 Å². The maximum atomic E-state index is 11.4. The first-order valence-electron chi connectivity index (χ1n) is 10.5. The minimum atomic E-state index is -0.256. The van der Waals surface area contributed by atoms with Gasteiger partial charge < -0.3 is 16.0 Å². The molecule has 0 aliphatic heterocycles. The lowest BCUT2D eigenvalue weighted by molar-refractivity contribution is -0.111. The fourth-order valence-corrected chi connectivity index (χ4v) is 2.83. The highest BCUT2D eigenvalue weighted by molar-refractivity contribution is 5.99. The predicted octanol–water partition coefficient (Wildman–Crippen LogP) is 6.39. The van der Waals surface area contributed by atoms with Crippen molar-refractivity contribution in [3.63, 3.8) is 0 Å². The summed E-state index contributed by atoms with van der Waals surface area (Å²) in [7, 11) is 0. The minimum absolute atomic E-state index is 0.256. The van der Waals surface area contributed by atoms with E-state index in [9.17, 15) is 4.79 Å². The van der Waals surface area contributed by atoms with Crippen molar-refractivity contribution in [1.29, 1.82) is 0 Å². The number of hydrogen-bond acceptors (Lipinski definition) is 5. The summed E-state index contributed by atoms with van der Waals surface area (Å²) < 4.78 is 0. The molecule has 0 saturated heterocycles. The smallest absolute Gasteiger partial charge is 0.247 e. The number of amides is 1. The Kier molecular flexibility index (Phi) is 8.31. The third-order valence-corrected chi connectivity index (χ3v) is 4.52. The lowest BCUT2D eigenvalue weighted by Gasteiger charge is -2.10. The van der Waals surface area contributed by atoms with Crippen molar-refractivity contribution in [1.82, 2.24) is 9.97 Å². The first-order chi connectivity index (χ1) is 16.0. The van der Waals surface area contributed by atoms with Crippen LogP contribution < -0.4 is 16.0 Å². The number of carbonyl (C=O) groups excluding carboxylic acids is 1. The summed E-state index contributed by atoms with van der Waals surface area (Å²) in [6.07, 6.45) is 2.72. The van der Waals surface area contributed by atoms with E-state index in [-0.39, 0.29) is 5.91 Å². The van der Waals surface area contributed by atoms with Gasteiger partial charge in [-0.1, -0.05) is 66.2 Å². The summed E-state index contributed by atoms with van der Waals surface area (Å²) in [5.41, 5.74) is 4.94. The molecule has 0 aliphatic rings. The van der Waals surface area contributed by atoms with Crippen LogP contribution in [0.1, 0.15) is 11.1 Å². The molecule has 0 bridgehead atoms. The Hall–Kier alpha value is -4.45. The standard InChI is InChI=1S/C20H19N5O.C7H8/c1-3-20(26)25-17-6-4-5-16(11-17)24-19-12-18(21-13-22-19)23-15-9-7-14(2)8-10-15;1-7-5-3-2-4-6-7/h3-13H,1H2,2H3,(H,25,26)(H2,21,22,23,24);2-6H,1H3. The summed E-state index contributed by atoms with van der Waals surface area (Å²) in [6.45, 7) is 7.57. The number of aromatic nitrogens is 2. The van der Waals surface area contributed by atoms with Crippen LogP contribution in [-0.4, -0.2) is 15.9 Å². The fraction of sp³-hybridized carbons (Fsp3) is 0.0741. The van der Waals surface area contributed by atoms with Gasteiger partial charge in [0.1, 0.15) is 18.0 Å². The quantitative estimate of drug-likeness (QED) is 0.305. The van der Waals surface area contributed by atoms with Crippen LogP contribution >= 0.6 is 0 Å². The van der Waals surface area contributed by atoms with E-state index in [4.69, 9.17) is 0 Å². The van der Waals surface area contributed by atoms with E-state index < -0.39 is 0 Å². The van der Waals surface area contributed by atoms with Crippen molar-refractivity contribution in [3.8, 4) is 0 Å². The molecule has 0 saturated carbocycles. The van der Waals surface area contributed by atoms with Gasteiger partial charge in [0.25, 0.3) is 0 Å². The van der Waals surface area contributed by atoms with Crippen molar-refractivity contribution in [2.24, 2.45) is 0 Å². The van der Waals surface area contributed by atoms with E-state index in [0.717, 1.165) is 11.4 Å². The van der Waals surface area contributed by atoms with Crippen molar-refractivity contribution < 1.29 is 4.79 Å². The van der Waals surface area contributed by atoms with Crippen LogP contribution in [0.3, 0.4) is 0 Å². The molecule has 33 heavy (non-hydrogen) atoms. The highest BCUT2D eigenvalue weighted by Gasteiger charge is 2.03. The summed E-state index contributed by atoms with van der Waals surface area (Å²) in [5, 5.41) is 9.17. The highest BCUT2D eigenvalue weighted by atomic mass is 16.1. The predicted molar refractivity (Wildman–Crippen MR) is 136 cm³/mol. The Labute approximate surface area is 194 Å². The van der Waals surface area contributed by atoms with Crippen LogP contribution in [0.15, 0.2) is 104 Å². The van der Waals surface area contributed by atoms with Gasteiger partial charge in [-0.3, -0.25) is 4.79 Å². The molecule has 4 aromatic rings. The number of aryl methyl sites for hydroxylation is 2. The molecule has 1 amide bonds. The molecular weight excluding hydrogens is 410 g/mol. The third-order valence-electron chi connectivity index (χ3n) is 4.52. The Morgan fingerprint density at radius 2 is 1.33 bits per heavy atom. The molecule has 1 aromatic heterocycles. The Bertz CT molecular complexity index is 1190. The molecule has 0 aliphatic carbocycles. The van der Waals surface area contributed by atoms with Gasteiger partial charge in [-0.25, -0.2) is 9.97 Å². The lowest BCUT2D eigenvalue weighted by Crippen LogP contribution is -2.07. The monoisotopic (exact) mass is 437 g/mol. The SMILES string of the molecule is C=CC(=O)Nc1cccc(Nc2cc(Nc3ccc(C)cc3)ncn2)c1.Cc1ccccc1. The van der Waals surface area contributed by atoms with Crippen molar-refractivity contribution in [3.05, 3.63) is 115 Å². The molecule has 0 radical (unpaired) electrons. The normalized spacial score (nSPS) is 9.76. The minimum Gasteiger partial charge on any atom is -0.340 e. The number of nitrogens with one attached hydrogen (secondary N) is 3. The molecule has 3 aromatic carbocycles. The average molecular weight is 438 g/mol. The van der Waals surface area contributed by atoms with Crippen LogP contribution in [-0.2, 0) is 4.79 Å². The number of carbonyl (C=O) groups is 1. The summed E-state index contributed by atoms with van der Waals surface area (Å²) in [4.78, 5) is 19.9. The zero-order chi connectivity index (χ0) is 23.5. The molecule has 6 nitrogen and oxygen atoms in total. The first-order valence-corrected chi connectivity index (χ1v) is 10.5. The number of anilines is 5. The van der Waals surface area contributed by atoms with E-state index in [2.05, 4.69) is 51.6 Å². The van der Waals surface area contributed by atoms with Crippen molar-refractivity contribution in [2.45, 2.75) is 13.8 Å². The second kappa shape index (κ2) is 11.8. The van der Waals surface area contributed by atoms with Gasteiger partial charge in [0.2, 0.25) is 5.91 Å². The zero-order valence-electron chi connectivity index (χ0n) is 18.7. The Morgan fingerprint density at radius 1 is 0.727 bits per heavy atom. The van der Waals surface area contributed by atoms with Crippen LogP contribution in [0.2, 0.25) is 0 Å². The maximum Gasteiger partial charge on any atom is 0.247 e. The molecular formula is C27H27N5O. The Morgan fingerprint density at radius 3 is 1.94 bits per heavy atom. The summed E-state index contributed by atoms with van der Waals surface area (Å²) in [6, 6.07) is 27.5. The molecule has 0 fully saturated rings. The van der Waals surface area contributed by atoms with Gasteiger partial charge >= 0.3 is 0 Å². The van der Waals surface area contributed by atoms with E-state index in [0.29, 0.717) is 17.3 Å². The second-order valence-corrected chi connectivity index (χ2v) is 7.33. The van der Waals surface area contributed by atoms with Gasteiger partial charge in [0.05, 0.1) is 0 Å². The van der Waals surface area contributed by atoms with Crippen molar-refractivity contribution >= 4 is 34.6 Å². The fourth-order valence-electron chi connectivity index (χ4n) is 2.83. The first kappa shape index (κ1) is 23.2. The number of rotatable bonds is 6. The summed E-state index contributed by atoms with van der Waals surface area (Å²) >= 11 is 0. The van der Waals surface area contributed by atoms with Gasteiger partial charge in [-0.05, 0) is 50.3 Å².